The monoisotopic (exact) mass is 568 g/mol. The molecule has 1 aliphatic heterocycles. The summed E-state index contributed by atoms with van der Waals surface area (Å²) in [7, 11) is 0. The first kappa shape index (κ1) is 31.7. The smallest absolute Gasteiger partial charge is 0.315 e. The number of aliphatic hydroxyl groups excluding tert-OH is 4. The van der Waals surface area contributed by atoms with Crippen molar-refractivity contribution in [3.63, 3.8) is 0 Å². The molecule has 1 aliphatic rings. The van der Waals surface area contributed by atoms with Crippen LogP contribution in [0.4, 0.5) is 13.6 Å². The zero-order valence-corrected chi connectivity index (χ0v) is 22.7. The van der Waals surface area contributed by atoms with Crippen LogP contribution in [-0.4, -0.2) is 82.6 Å². The van der Waals surface area contributed by atoms with Gasteiger partial charge in [0.05, 0.1) is 25.4 Å². The Labute approximate surface area is 231 Å². The Bertz CT molecular complexity index is 1070. The summed E-state index contributed by atoms with van der Waals surface area (Å²) in [6.07, 6.45) is -9.22. The van der Waals surface area contributed by atoms with Crippen LogP contribution in [0.1, 0.15) is 32.8 Å². The summed E-state index contributed by atoms with van der Waals surface area (Å²) in [6, 6.07) is 11.0. The van der Waals surface area contributed by atoms with Gasteiger partial charge in [0.2, 0.25) is 0 Å². The SMILES string of the molecule is CC(C)(C)C[C@@H](O)[C@H](COC1OC(CO)[C@@H](F)C(O)C1O)NC(=O)NCc1ccc(Oc2ccc(F)cc2)cc1. The highest BCUT2D eigenvalue weighted by Gasteiger charge is 2.45. The molecule has 2 amide bonds. The molecule has 0 saturated carbocycles. The van der Waals surface area contributed by atoms with Crippen LogP contribution < -0.4 is 15.4 Å². The van der Waals surface area contributed by atoms with Gasteiger partial charge in [-0.05, 0) is 53.8 Å². The standard InChI is InChI=1S/C28H38F2N2O8/c1-28(2,3)12-21(34)20(15-38-26-25(36)24(35)23(30)22(14-33)40-26)32-27(37)31-13-16-4-8-18(9-5-16)39-19-10-6-17(29)7-11-19/h4-11,20-26,33-36H,12-15H2,1-3H3,(H2,31,32,37)/t20-,21+,22?,23+,24?,25?,26?/m0/s1. The predicted octanol–water partition coefficient (Wildman–Crippen LogP) is 2.38. The van der Waals surface area contributed by atoms with Crippen molar-refractivity contribution in [3.05, 3.63) is 59.9 Å². The van der Waals surface area contributed by atoms with Crippen molar-refractivity contribution in [3.8, 4) is 11.5 Å². The van der Waals surface area contributed by atoms with E-state index in [9.17, 15) is 34.0 Å². The number of halogens is 2. The molecule has 1 heterocycles. The maximum Gasteiger partial charge on any atom is 0.315 e. The van der Waals surface area contributed by atoms with Crippen molar-refractivity contribution in [2.45, 2.75) is 76.7 Å². The number of aliphatic hydroxyl groups is 4. The lowest BCUT2D eigenvalue weighted by Crippen LogP contribution is -2.59. The van der Waals surface area contributed by atoms with Crippen LogP contribution >= 0.6 is 0 Å². The quantitative estimate of drug-likeness (QED) is 0.242. The zero-order chi connectivity index (χ0) is 29.4. The maximum absolute atomic E-state index is 14.0. The van der Waals surface area contributed by atoms with Crippen molar-refractivity contribution in [2.75, 3.05) is 13.2 Å². The molecule has 0 bridgehead atoms. The van der Waals surface area contributed by atoms with E-state index in [1.54, 1.807) is 24.3 Å². The van der Waals surface area contributed by atoms with Crippen LogP contribution in [0.5, 0.6) is 11.5 Å². The number of rotatable bonds is 11. The second-order valence-electron chi connectivity index (χ2n) is 11.0. The fraction of sp³-hybridized carbons (Fsp3) is 0.536. The number of amides is 2. The number of carbonyl (C=O) groups is 1. The van der Waals surface area contributed by atoms with Gasteiger partial charge in [0.15, 0.2) is 12.5 Å². The Hall–Kier alpha value is -2.87. The Kier molecular flexibility index (Phi) is 11.2. The number of benzene rings is 2. The van der Waals surface area contributed by atoms with E-state index in [4.69, 9.17) is 14.2 Å². The molecule has 0 radical (unpaired) electrons. The van der Waals surface area contributed by atoms with Crippen LogP contribution in [0.3, 0.4) is 0 Å². The lowest BCUT2D eigenvalue weighted by molar-refractivity contribution is -0.293. The van der Waals surface area contributed by atoms with Crippen LogP contribution in [0.2, 0.25) is 0 Å². The Morgan fingerprint density at radius 3 is 2.23 bits per heavy atom. The minimum Gasteiger partial charge on any atom is -0.457 e. The molecule has 0 aromatic heterocycles. The summed E-state index contributed by atoms with van der Waals surface area (Å²) < 4.78 is 43.5. The van der Waals surface area contributed by atoms with E-state index in [0.29, 0.717) is 17.9 Å². The summed E-state index contributed by atoms with van der Waals surface area (Å²) in [4.78, 5) is 12.7. The number of ether oxygens (including phenoxy) is 3. The van der Waals surface area contributed by atoms with Gasteiger partial charge in [-0.1, -0.05) is 32.9 Å². The second-order valence-corrected chi connectivity index (χ2v) is 11.0. The van der Waals surface area contributed by atoms with E-state index in [1.807, 2.05) is 20.8 Å². The van der Waals surface area contributed by atoms with Gasteiger partial charge < -0.3 is 45.3 Å². The molecule has 3 rings (SSSR count). The summed E-state index contributed by atoms with van der Waals surface area (Å²) >= 11 is 0. The first-order valence-electron chi connectivity index (χ1n) is 13.0. The molecule has 1 saturated heterocycles. The van der Waals surface area contributed by atoms with Crippen molar-refractivity contribution < 1.29 is 48.2 Å². The third kappa shape index (κ3) is 9.36. The zero-order valence-electron chi connectivity index (χ0n) is 22.7. The van der Waals surface area contributed by atoms with Gasteiger partial charge in [-0.2, -0.15) is 0 Å². The molecule has 1 fully saturated rings. The van der Waals surface area contributed by atoms with Gasteiger partial charge in [0.1, 0.15) is 35.6 Å². The molecule has 7 atom stereocenters. The molecule has 40 heavy (non-hydrogen) atoms. The van der Waals surface area contributed by atoms with Gasteiger partial charge in [-0.3, -0.25) is 0 Å². The van der Waals surface area contributed by atoms with Gasteiger partial charge in [-0.15, -0.1) is 0 Å². The van der Waals surface area contributed by atoms with Gasteiger partial charge in [-0.25, -0.2) is 13.6 Å². The van der Waals surface area contributed by atoms with Gasteiger partial charge in [0.25, 0.3) is 0 Å². The third-order valence-corrected chi connectivity index (χ3v) is 6.27. The molecule has 12 heteroatoms. The molecule has 0 aliphatic carbocycles. The van der Waals surface area contributed by atoms with Crippen molar-refractivity contribution >= 4 is 6.03 Å². The summed E-state index contributed by atoms with van der Waals surface area (Å²) in [5.41, 5.74) is 0.460. The highest BCUT2D eigenvalue weighted by molar-refractivity contribution is 5.74. The summed E-state index contributed by atoms with van der Waals surface area (Å²) in [6.45, 7) is 4.82. The number of alkyl halides is 1. The van der Waals surface area contributed by atoms with Crippen LogP contribution in [0, 0.1) is 11.2 Å². The minimum absolute atomic E-state index is 0.151. The highest BCUT2D eigenvalue weighted by Crippen LogP contribution is 2.26. The first-order valence-corrected chi connectivity index (χ1v) is 13.0. The van der Waals surface area contributed by atoms with E-state index in [2.05, 4.69) is 10.6 Å². The third-order valence-electron chi connectivity index (χ3n) is 6.27. The average Bonchev–Trinajstić information content (AvgIpc) is 2.90. The lowest BCUT2D eigenvalue weighted by atomic mass is 9.87. The molecule has 2 aromatic carbocycles. The largest absolute Gasteiger partial charge is 0.457 e. The molecular weight excluding hydrogens is 530 g/mol. The Balaban J connectivity index is 1.56. The fourth-order valence-corrected chi connectivity index (χ4v) is 4.11. The Morgan fingerprint density at radius 1 is 1.05 bits per heavy atom. The predicted molar refractivity (Wildman–Crippen MR) is 141 cm³/mol. The average molecular weight is 569 g/mol. The summed E-state index contributed by atoms with van der Waals surface area (Å²) in [5, 5.41) is 45.6. The number of nitrogens with one attached hydrogen (secondary N) is 2. The van der Waals surface area contributed by atoms with E-state index < -0.39 is 55.6 Å². The van der Waals surface area contributed by atoms with E-state index in [1.165, 1.54) is 24.3 Å². The number of hydrogen-bond donors (Lipinski definition) is 6. The lowest BCUT2D eigenvalue weighted by Gasteiger charge is -2.39. The van der Waals surface area contributed by atoms with Gasteiger partial charge in [0, 0.05) is 6.54 Å². The van der Waals surface area contributed by atoms with E-state index in [0.717, 1.165) is 5.56 Å². The number of carbonyl (C=O) groups excluding carboxylic acids is 1. The topological polar surface area (TPSA) is 150 Å². The van der Waals surface area contributed by atoms with E-state index in [-0.39, 0.29) is 24.4 Å². The molecule has 2 aromatic rings. The van der Waals surface area contributed by atoms with Gasteiger partial charge >= 0.3 is 6.03 Å². The number of urea groups is 1. The van der Waals surface area contributed by atoms with Crippen molar-refractivity contribution in [1.82, 2.24) is 10.6 Å². The molecule has 4 unspecified atom stereocenters. The highest BCUT2D eigenvalue weighted by atomic mass is 19.1. The van der Waals surface area contributed by atoms with Crippen LogP contribution in [0.25, 0.3) is 0 Å². The molecule has 0 spiro atoms. The van der Waals surface area contributed by atoms with Crippen molar-refractivity contribution in [1.29, 1.82) is 0 Å². The first-order chi connectivity index (χ1) is 18.9. The maximum atomic E-state index is 14.0. The van der Waals surface area contributed by atoms with E-state index >= 15 is 0 Å². The fourth-order valence-electron chi connectivity index (χ4n) is 4.11. The Morgan fingerprint density at radius 2 is 1.65 bits per heavy atom. The van der Waals surface area contributed by atoms with Crippen LogP contribution in [-0.2, 0) is 16.0 Å². The molecule has 222 valence electrons. The van der Waals surface area contributed by atoms with Crippen LogP contribution in [0.15, 0.2) is 48.5 Å². The summed E-state index contributed by atoms with van der Waals surface area (Å²) in [5.74, 6) is 0.642. The number of hydrogen-bond acceptors (Lipinski definition) is 8. The molecular formula is C28H38F2N2O8. The minimum atomic E-state index is -2.01. The molecule has 10 nitrogen and oxygen atoms in total. The molecule has 6 N–H and O–H groups in total. The second kappa shape index (κ2) is 14.2. The normalized spacial score (nSPS) is 24.7. The van der Waals surface area contributed by atoms with Crippen molar-refractivity contribution in [2.24, 2.45) is 5.41 Å².